The lowest BCUT2D eigenvalue weighted by molar-refractivity contribution is 0.0716. The average Bonchev–Trinajstić information content (AvgIpc) is 2.83. The summed E-state index contributed by atoms with van der Waals surface area (Å²) in [7, 11) is 0. The molecule has 18 heavy (non-hydrogen) atoms. The van der Waals surface area contributed by atoms with E-state index in [1.807, 2.05) is 12.1 Å². The Morgan fingerprint density at radius 1 is 1.33 bits per heavy atom. The summed E-state index contributed by atoms with van der Waals surface area (Å²) in [6, 6.07) is 4.58. The molecule has 1 unspecified atom stereocenters. The molecule has 4 nitrogen and oxygen atoms in total. The van der Waals surface area contributed by atoms with Gasteiger partial charge in [-0.25, -0.2) is 13.5 Å². The maximum Gasteiger partial charge on any atom is 0.260 e. The lowest BCUT2D eigenvalue weighted by atomic mass is 10.2. The minimum absolute atomic E-state index is 0.391. The van der Waals surface area contributed by atoms with E-state index in [4.69, 9.17) is 0 Å². The third-order valence-corrected chi connectivity index (χ3v) is 3.06. The van der Waals surface area contributed by atoms with E-state index >= 15 is 0 Å². The summed E-state index contributed by atoms with van der Waals surface area (Å²) < 4.78 is 27.2. The van der Waals surface area contributed by atoms with Crippen LogP contribution in [0.5, 0.6) is 0 Å². The average molecular weight is 250 g/mol. The van der Waals surface area contributed by atoms with Gasteiger partial charge in [0.15, 0.2) is 0 Å². The molecule has 0 radical (unpaired) electrons. The molecule has 1 atom stereocenters. The van der Waals surface area contributed by atoms with Crippen LogP contribution in [0.1, 0.15) is 12.5 Å². The molecule has 3 heterocycles. The summed E-state index contributed by atoms with van der Waals surface area (Å²) in [5.74, 6) is 0.651. The number of hydrogen-bond donors (Lipinski definition) is 1. The van der Waals surface area contributed by atoms with Crippen molar-refractivity contribution in [2.45, 2.75) is 18.9 Å². The number of nitrogens with zero attached hydrogens (tertiary/aromatic N) is 3. The van der Waals surface area contributed by atoms with Crippen LogP contribution in [0.25, 0.3) is 11.3 Å². The Hall–Kier alpha value is -1.98. The van der Waals surface area contributed by atoms with Crippen molar-refractivity contribution in [3.05, 3.63) is 30.6 Å². The first kappa shape index (κ1) is 11.1. The molecule has 0 saturated carbocycles. The van der Waals surface area contributed by atoms with Gasteiger partial charge in [-0.15, -0.1) is 0 Å². The fourth-order valence-electron chi connectivity index (χ4n) is 2.15. The van der Waals surface area contributed by atoms with Gasteiger partial charge in [0.05, 0.1) is 5.69 Å². The molecule has 3 rings (SSSR count). The molecule has 2 aromatic heterocycles. The summed E-state index contributed by atoms with van der Waals surface area (Å²) in [6.45, 7) is 0.552. The number of pyridine rings is 1. The third-order valence-electron chi connectivity index (χ3n) is 3.06. The Bertz CT molecular complexity index is 538. The lowest BCUT2D eigenvalue weighted by Crippen LogP contribution is -2.28. The van der Waals surface area contributed by atoms with Crippen molar-refractivity contribution in [2.24, 2.45) is 0 Å². The fraction of sp³-hybridized carbons (Fsp3) is 0.333. The monoisotopic (exact) mass is 250 g/mol. The Morgan fingerprint density at radius 3 is 2.83 bits per heavy atom. The minimum Gasteiger partial charge on any atom is -0.370 e. The van der Waals surface area contributed by atoms with Crippen LogP contribution in [0.3, 0.4) is 0 Å². The van der Waals surface area contributed by atoms with Gasteiger partial charge in [-0.3, -0.25) is 4.98 Å². The van der Waals surface area contributed by atoms with E-state index in [-0.39, 0.29) is 0 Å². The third kappa shape index (κ3) is 1.83. The fourth-order valence-corrected chi connectivity index (χ4v) is 2.15. The van der Waals surface area contributed by atoms with Crippen molar-refractivity contribution in [1.29, 1.82) is 0 Å². The summed E-state index contributed by atoms with van der Waals surface area (Å²) in [5, 5.41) is 7.36. The molecule has 0 bridgehead atoms. The van der Waals surface area contributed by atoms with Gasteiger partial charge in [0.2, 0.25) is 0 Å². The quantitative estimate of drug-likeness (QED) is 0.890. The van der Waals surface area contributed by atoms with Crippen LogP contribution in [0.4, 0.5) is 14.6 Å². The van der Waals surface area contributed by atoms with Crippen molar-refractivity contribution >= 4 is 5.82 Å². The van der Waals surface area contributed by atoms with E-state index in [1.165, 1.54) is 4.68 Å². The van der Waals surface area contributed by atoms with Crippen LogP contribution < -0.4 is 5.32 Å². The second-order valence-corrected chi connectivity index (χ2v) is 4.21. The zero-order chi connectivity index (χ0) is 12.5. The molecule has 0 saturated heterocycles. The Morgan fingerprint density at radius 2 is 2.11 bits per heavy atom. The van der Waals surface area contributed by atoms with Crippen molar-refractivity contribution in [1.82, 2.24) is 14.8 Å². The number of alkyl halides is 2. The second kappa shape index (κ2) is 4.36. The summed E-state index contributed by atoms with van der Waals surface area (Å²) in [4.78, 5) is 3.93. The smallest absolute Gasteiger partial charge is 0.260 e. The van der Waals surface area contributed by atoms with Gasteiger partial charge in [-0.1, -0.05) is 0 Å². The number of nitrogens with one attached hydrogen (secondary N) is 1. The van der Waals surface area contributed by atoms with Crippen LogP contribution in [0.2, 0.25) is 0 Å². The van der Waals surface area contributed by atoms with Gasteiger partial charge in [-0.05, 0) is 18.6 Å². The van der Waals surface area contributed by atoms with E-state index in [9.17, 15) is 8.78 Å². The predicted octanol–water partition coefficient (Wildman–Crippen LogP) is 2.57. The number of aromatic nitrogens is 3. The van der Waals surface area contributed by atoms with Crippen molar-refractivity contribution in [3.8, 4) is 11.3 Å². The van der Waals surface area contributed by atoms with Gasteiger partial charge in [0, 0.05) is 30.6 Å². The minimum atomic E-state index is -2.39. The highest BCUT2D eigenvalue weighted by molar-refractivity contribution is 5.62. The van der Waals surface area contributed by atoms with Crippen LogP contribution in [-0.2, 0) is 0 Å². The Labute approximate surface area is 103 Å². The number of fused-ring (bicyclic) bond motifs is 1. The Balaban J connectivity index is 2.01. The highest BCUT2D eigenvalue weighted by Crippen LogP contribution is 2.31. The topological polar surface area (TPSA) is 42.7 Å². The van der Waals surface area contributed by atoms with E-state index in [1.54, 1.807) is 18.5 Å². The molecule has 6 heteroatoms. The molecule has 0 spiro atoms. The van der Waals surface area contributed by atoms with Gasteiger partial charge in [0.25, 0.3) is 6.43 Å². The van der Waals surface area contributed by atoms with Gasteiger partial charge in [-0.2, -0.15) is 5.10 Å². The molecule has 0 fully saturated rings. The van der Waals surface area contributed by atoms with Gasteiger partial charge < -0.3 is 5.32 Å². The predicted molar refractivity (Wildman–Crippen MR) is 63.6 cm³/mol. The Kier molecular flexibility index (Phi) is 2.70. The molecule has 2 aromatic rings. The van der Waals surface area contributed by atoms with Crippen LogP contribution in [0.15, 0.2) is 30.6 Å². The molecule has 0 amide bonds. The van der Waals surface area contributed by atoms with Crippen molar-refractivity contribution in [2.75, 3.05) is 11.9 Å². The lowest BCUT2D eigenvalue weighted by Gasteiger charge is -2.24. The van der Waals surface area contributed by atoms with E-state index in [2.05, 4.69) is 15.4 Å². The molecular formula is C12H12F2N4. The number of rotatable bonds is 2. The molecule has 0 aliphatic carbocycles. The summed E-state index contributed by atoms with van der Waals surface area (Å²) in [5.41, 5.74) is 1.56. The van der Waals surface area contributed by atoms with Crippen LogP contribution >= 0.6 is 0 Å². The molecule has 94 valence electrons. The molecular weight excluding hydrogens is 238 g/mol. The van der Waals surface area contributed by atoms with Crippen molar-refractivity contribution < 1.29 is 8.78 Å². The SMILES string of the molecule is FC(F)C1CCNc2cc(-c3ccncc3)nn21. The van der Waals surface area contributed by atoms with Gasteiger partial charge in [0.1, 0.15) is 11.9 Å². The highest BCUT2D eigenvalue weighted by Gasteiger charge is 2.29. The number of hydrogen-bond acceptors (Lipinski definition) is 3. The molecule has 1 aliphatic rings. The van der Waals surface area contributed by atoms with E-state index in [0.717, 1.165) is 5.56 Å². The summed E-state index contributed by atoms with van der Waals surface area (Å²) in [6.07, 6.45) is 1.32. The highest BCUT2D eigenvalue weighted by atomic mass is 19.3. The summed E-state index contributed by atoms with van der Waals surface area (Å²) >= 11 is 0. The van der Waals surface area contributed by atoms with Gasteiger partial charge >= 0.3 is 0 Å². The first-order chi connectivity index (χ1) is 8.75. The molecule has 0 aromatic carbocycles. The van der Waals surface area contributed by atoms with Crippen molar-refractivity contribution in [3.63, 3.8) is 0 Å². The standard InChI is InChI=1S/C12H12F2N4/c13-12(14)10-3-6-16-11-7-9(17-18(10)11)8-1-4-15-5-2-8/h1-2,4-5,7,10,12,16H,3,6H2. The van der Waals surface area contributed by atoms with E-state index < -0.39 is 12.5 Å². The van der Waals surface area contributed by atoms with E-state index in [0.29, 0.717) is 24.5 Å². The first-order valence-corrected chi connectivity index (χ1v) is 5.77. The molecule has 1 N–H and O–H groups in total. The largest absolute Gasteiger partial charge is 0.370 e. The molecule has 1 aliphatic heterocycles. The number of anilines is 1. The number of halogens is 2. The zero-order valence-electron chi connectivity index (χ0n) is 9.55. The normalized spacial score (nSPS) is 18.5. The van der Waals surface area contributed by atoms with Crippen LogP contribution in [-0.4, -0.2) is 27.7 Å². The second-order valence-electron chi connectivity index (χ2n) is 4.21. The maximum atomic E-state index is 12.9. The zero-order valence-corrected chi connectivity index (χ0v) is 9.55. The first-order valence-electron chi connectivity index (χ1n) is 5.77. The van der Waals surface area contributed by atoms with Crippen LogP contribution in [0, 0.1) is 0 Å². The maximum absolute atomic E-state index is 12.9.